The van der Waals surface area contributed by atoms with Gasteiger partial charge in [0.1, 0.15) is 5.82 Å². The third kappa shape index (κ3) is 6.66. The molecule has 0 aliphatic carbocycles. The highest BCUT2D eigenvalue weighted by Gasteiger charge is 2.34. The molecule has 0 spiro atoms. The van der Waals surface area contributed by atoms with Crippen molar-refractivity contribution < 1.29 is 18.6 Å². The Morgan fingerprint density at radius 1 is 1.17 bits per heavy atom. The van der Waals surface area contributed by atoms with Crippen LogP contribution in [0.3, 0.4) is 0 Å². The number of rotatable bonds is 9. The van der Waals surface area contributed by atoms with E-state index in [4.69, 9.17) is 19.2 Å². The first-order valence-electron chi connectivity index (χ1n) is 10.8. The van der Waals surface area contributed by atoms with E-state index in [-0.39, 0.29) is 17.3 Å². The summed E-state index contributed by atoms with van der Waals surface area (Å²) in [5.74, 6) is 0.602. The van der Waals surface area contributed by atoms with Gasteiger partial charge in [-0.15, -0.1) is 0 Å². The molecule has 2 fully saturated rings. The molecule has 3 rings (SSSR count). The summed E-state index contributed by atoms with van der Waals surface area (Å²) in [4.78, 5) is 4.87. The van der Waals surface area contributed by atoms with Gasteiger partial charge in [0.2, 0.25) is 0 Å². The molecule has 0 amide bonds. The van der Waals surface area contributed by atoms with Gasteiger partial charge >= 0.3 is 0 Å². The highest BCUT2D eigenvalue weighted by Crippen LogP contribution is 2.35. The molecule has 2 saturated heterocycles. The third-order valence-corrected chi connectivity index (χ3v) is 5.65. The van der Waals surface area contributed by atoms with E-state index >= 15 is 0 Å². The number of aliphatic imine (C=N–C) groups is 1. The van der Waals surface area contributed by atoms with Crippen LogP contribution in [0.5, 0.6) is 0 Å². The summed E-state index contributed by atoms with van der Waals surface area (Å²) in [5.41, 5.74) is 1.02. The van der Waals surface area contributed by atoms with E-state index < -0.39 is 0 Å². The summed E-state index contributed by atoms with van der Waals surface area (Å²) >= 11 is 0. The highest BCUT2D eigenvalue weighted by atomic mass is 19.1. The van der Waals surface area contributed by atoms with E-state index in [1.165, 1.54) is 12.1 Å². The molecular weight excluding hydrogens is 373 g/mol. The largest absolute Gasteiger partial charge is 0.381 e. The maximum Gasteiger partial charge on any atom is 0.191 e. The first kappa shape index (κ1) is 22.0. The Bertz CT molecular complexity index is 627. The van der Waals surface area contributed by atoms with Gasteiger partial charge in [0.25, 0.3) is 0 Å². The smallest absolute Gasteiger partial charge is 0.191 e. The van der Waals surface area contributed by atoms with Crippen molar-refractivity contribution in [2.75, 3.05) is 52.7 Å². The van der Waals surface area contributed by atoms with E-state index in [0.29, 0.717) is 26.4 Å². The number of ether oxygens (including phenoxy) is 3. The summed E-state index contributed by atoms with van der Waals surface area (Å²) in [7, 11) is 0. The number of hydrogen-bond acceptors (Lipinski definition) is 4. The molecule has 1 aromatic rings. The van der Waals surface area contributed by atoms with Crippen molar-refractivity contribution in [1.29, 1.82) is 0 Å². The molecule has 2 aliphatic rings. The van der Waals surface area contributed by atoms with E-state index in [9.17, 15) is 4.39 Å². The topological polar surface area (TPSA) is 64.1 Å². The molecule has 1 unspecified atom stereocenters. The molecule has 6 nitrogen and oxygen atoms in total. The second kappa shape index (κ2) is 11.5. The van der Waals surface area contributed by atoms with Crippen LogP contribution in [0.2, 0.25) is 0 Å². The monoisotopic (exact) mass is 407 g/mol. The minimum atomic E-state index is -0.208. The normalized spacial score (nSPS) is 21.9. The van der Waals surface area contributed by atoms with Crippen molar-refractivity contribution in [3.05, 3.63) is 35.6 Å². The van der Waals surface area contributed by atoms with Crippen LogP contribution in [-0.2, 0) is 19.6 Å². The molecule has 0 radical (unpaired) electrons. The van der Waals surface area contributed by atoms with Gasteiger partial charge < -0.3 is 24.8 Å². The highest BCUT2D eigenvalue weighted by molar-refractivity contribution is 5.79. The van der Waals surface area contributed by atoms with Crippen molar-refractivity contribution in [3.8, 4) is 0 Å². The van der Waals surface area contributed by atoms with Gasteiger partial charge in [0, 0.05) is 44.9 Å². The summed E-state index contributed by atoms with van der Waals surface area (Å²) in [6.45, 7) is 7.96. The first-order valence-corrected chi connectivity index (χ1v) is 10.8. The number of guanidine groups is 1. The Morgan fingerprint density at radius 2 is 1.97 bits per heavy atom. The average molecular weight is 408 g/mol. The molecule has 1 aromatic carbocycles. The van der Waals surface area contributed by atoms with E-state index in [1.54, 1.807) is 0 Å². The van der Waals surface area contributed by atoms with Crippen LogP contribution in [0.15, 0.2) is 29.3 Å². The van der Waals surface area contributed by atoms with E-state index in [1.807, 2.05) is 12.1 Å². The number of nitrogens with zero attached hydrogens (tertiary/aromatic N) is 1. The second-order valence-electron chi connectivity index (χ2n) is 7.73. The van der Waals surface area contributed by atoms with Crippen LogP contribution in [0.1, 0.15) is 38.2 Å². The number of hydrogen-bond donors (Lipinski definition) is 2. The molecule has 2 aliphatic heterocycles. The molecule has 2 heterocycles. The lowest BCUT2D eigenvalue weighted by molar-refractivity contribution is 0.0419. The molecule has 0 bridgehead atoms. The molecule has 162 valence electrons. The Hall–Kier alpha value is -1.70. The Kier molecular flexibility index (Phi) is 8.70. The Morgan fingerprint density at radius 3 is 2.66 bits per heavy atom. The second-order valence-corrected chi connectivity index (χ2v) is 7.73. The van der Waals surface area contributed by atoms with Gasteiger partial charge in [-0.1, -0.05) is 12.1 Å². The zero-order valence-electron chi connectivity index (χ0n) is 17.4. The van der Waals surface area contributed by atoms with E-state index in [0.717, 1.165) is 63.5 Å². The summed E-state index contributed by atoms with van der Waals surface area (Å²) in [6.07, 6.45) is 3.93. The summed E-state index contributed by atoms with van der Waals surface area (Å²) in [6, 6.07) is 6.85. The number of nitrogens with one attached hydrogen (secondary N) is 2. The first-order chi connectivity index (χ1) is 14.2. The molecule has 0 aromatic heterocycles. The average Bonchev–Trinajstić information content (AvgIpc) is 3.26. The molecule has 1 atom stereocenters. The lowest BCUT2D eigenvalue weighted by atomic mass is 9.74. The summed E-state index contributed by atoms with van der Waals surface area (Å²) in [5, 5.41) is 6.72. The third-order valence-electron chi connectivity index (χ3n) is 5.65. The number of halogens is 1. The van der Waals surface area contributed by atoms with Crippen LogP contribution in [-0.4, -0.2) is 64.7 Å². The maximum atomic E-state index is 13.4. The fourth-order valence-electron chi connectivity index (χ4n) is 3.85. The van der Waals surface area contributed by atoms with Crippen molar-refractivity contribution in [1.82, 2.24) is 10.6 Å². The predicted molar refractivity (Wildman–Crippen MR) is 112 cm³/mol. The zero-order chi connectivity index (χ0) is 20.4. The van der Waals surface area contributed by atoms with Crippen molar-refractivity contribution in [2.45, 2.75) is 44.1 Å². The maximum absolute atomic E-state index is 13.4. The van der Waals surface area contributed by atoms with Crippen LogP contribution < -0.4 is 10.6 Å². The molecular formula is C22H34FN3O3. The molecule has 7 heteroatoms. The fourth-order valence-corrected chi connectivity index (χ4v) is 3.85. The minimum Gasteiger partial charge on any atom is -0.381 e. The Labute approximate surface area is 173 Å². The van der Waals surface area contributed by atoms with Gasteiger partial charge in [0.15, 0.2) is 5.96 Å². The summed E-state index contributed by atoms with van der Waals surface area (Å²) < 4.78 is 30.1. The lowest BCUT2D eigenvalue weighted by Gasteiger charge is -2.36. The van der Waals surface area contributed by atoms with Gasteiger partial charge in [-0.3, -0.25) is 4.99 Å². The van der Waals surface area contributed by atoms with Gasteiger partial charge in [0.05, 0.1) is 19.3 Å². The number of benzene rings is 1. The molecule has 2 N–H and O–H groups in total. The minimum absolute atomic E-state index is 0.111. The van der Waals surface area contributed by atoms with E-state index in [2.05, 4.69) is 17.6 Å². The van der Waals surface area contributed by atoms with Crippen molar-refractivity contribution in [3.63, 3.8) is 0 Å². The van der Waals surface area contributed by atoms with Gasteiger partial charge in [-0.2, -0.15) is 0 Å². The van der Waals surface area contributed by atoms with Crippen LogP contribution in [0, 0.1) is 5.82 Å². The van der Waals surface area contributed by atoms with Gasteiger partial charge in [-0.05, 0) is 50.3 Å². The van der Waals surface area contributed by atoms with Crippen molar-refractivity contribution in [2.24, 2.45) is 4.99 Å². The van der Waals surface area contributed by atoms with Crippen LogP contribution in [0.4, 0.5) is 4.39 Å². The van der Waals surface area contributed by atoms with Crippen LogP contribution in [0.25, 0.3) is 0 Å². The standard InChI is InChI=1S/C22H34FN3O3/c1-2-24-21(25-11-3-12-29-20-8-13-28-16-20)26-17-22(9-14-27-15-10-22)18-4-6-19(23)7-5-18/h4-7,20H,2-3,8-17H2,1H3,(H2,24,25,26). The lowest BCUT2D eigenvalue weighted by Crippen LogP contribution is -2.41. The zero-order valence-corrected chi connectivity index (χ0v) is 17.4. The SMILES string of the molecule is CCNC(=NCC1(c2ccc(F)cc2)CCOCC1)NCCCOC1CCOC1. The van der Waals surface area contributed by atoms with Crippen LogP contribution >= 0.6 is 0 Å². The van der Waals surface area contributed by atoms with Gasteiger partial charge in [-0.25, -0.2) is 4.39 Å². The van der Waals surface area contributed by atoms with Crippen molar-refractivity contribution >= 4 is 5.96 Å². The predicted octanol–water partition coefficient (Wildman–Crippen LogP) is 2.62. The molecule has 0 saturated carbocycles. The quantitative estimate of drug-likeness (QED) is 0.374. The fraction of sp³-hybridized carbons (Fsp3) is 0.682. The Balaban J connectivity index is 1.54. The molecule has 29 heavy (non-hydrogen) atoms.